The number of amides is 4. The van der Waals surface area contributed by atoms with Gasteiger partial charge in [-0.3, -0.25) is 14.4 Å². The molecule has 0 fully saturated rings. The van der Waals surface area contributed by atoms with E-state index in [9.17, 15) is 24.3 Å². The van der Waals surface area contributed by atoms with Gasteiger partial charge >= 0.3 is 6.09 Å². The number of benzene rings is 2. The van der Waals surface area contributed by atoms with Crippen molar-refractivity contribution in [3.05, 3.63) is 71.8 Å². The summed E-state index contributed by atoms with van der Waals surface area (Å²) in [6.45, 7) is 8.91. The summed E-state index contributed by atoms with van der Waals surface area (Å²) in [7, 11) is 0. The number of carbonyl (C=O) groups excluding carboxylic acids is 4. The summed E-state index contributed by atoms with van der Waals surface area (Å²) in [6, 6.07) is 15.7. The van der Waals surface area contributed by atoms with Gasteiger partial charge in [0.2, 0.25) is 17.7 Å². The first kappa shape index (κ1) is 36.2. The Labute approximate surface area is 260 Å². The molecule has 2 rings (SSSR count). The maximum atomic E-state index is 13.4. The minimum atomic E-state index is -1.16. The summed E-state index contributed by atoms with van der Waals surface area (Å²) in [5.74, 6) is -2.61. The highest BCUT2D eigenvalue weighted by atomic mass is 16.6. The molecule has 0 bridgehead atoms. The van der Waals surface area contributed by atoms with Crippen molar-refractivity contribution in [1.29, 1.82) is 0 Å². The number of nitrogens with two attached hydrogens (primary N) is 2. The highest BCUT2D eigenvalue weighted by Crippen LogP contribution is 2.16. The molecule has 0 spiro atoms. The number of rotatable bonds is 16. The fraction of sp³-hybridized carbons (Fsp3) is 0.515. The molecular formula is C33H49N5O6. The Kier molecular flexibility index (Phi) is 14.3. The predicted octanol–water partition coefficient (Wildman–Crippen LogP) is 2.19. The predicted molar refractivity (Wildman–Crippen MR) is 169 cm³/mol. The molecule has 0 aliphatic heterocycles. The normalized spacial score (nSPS) is 14.9. The van der Waals surface area contributed by atoms with Crippen molar-refractivity contribution in [2.24, 2.45) is 23.3 Å². The highest BCUT2D eigenvalue weighted by molar-refractivity contribution is 5.92. The summed E-state index contributed by atoms with van der Waals surface area (Å²) in [5.41, 5.74) is 12.5. The molecule has 8 N–H and O–H groups in total. The third-order valence-corrected chi connectivity index (χ3v) is 6.93. The van der Waals surface area contributed by atoms with Gasteiger partial charge < -0.3 is 37.3 Å². The molecule has 0 saturated heterocycles. The molecule has 11 nitrogen and oxygen atoms in total. The van der Waals surface area contributed by atoms with Gasteiger partial charge in [-0.2, -0.15) is 0 Å². The molecule has 0 aliphatic carbocycles. The fourth-order valence-corrected chi connectivity index (χ4v) is 4.71. The first-order valence-corrected chi connectivity index (χ1v) is 15.0. The van der Waals surface area contributed by atoms with Crippen LogP contribution in [0.15, 0.2) is 60.7 Å². The van der Waals surface area contributed by atoms with Crippen LogP contribution in [-0.2, 0) is 32.0 Å². The van der Waals surface area contributed by atoms with Crippen molar-refractivity contribution in [3.63, 3.8) is 0 Å². The topological polar surface area (TPSA) is 186 Å². The Morgan fingerprint density at radius 1 is 0.795 bits per heavy atom. The largest absolute Gasteiger partial charge is 0.444 e. The van der Waals surface area contributed by atoms with Crippen molar-refractivity contribution in [3.8, 4) is 0 Å². The number of hydrogen-bond donors (Lipinski definition) is 6. The molecule has 11 heteroatoms. The fourth-order valence-electron chi connectivity index (χ4n) is 4.71. The lowest BCUT2D eigenvalue weighted by atomic mass is 9.92. The van der Waals surface area contributed by atoms with E-state index in [1.807, 2.05) is 74.5 Å². The second kappa shape index (κ2) is 17.4. The van der Waals surface area contributed by atoms with Gasteiger partial charge in [0.15, 0.2) is 0 Å². The quantitative estimate of drug-likeness (QED) is 0.168. The number of hydrogen-bond acceptors (Lipinski definition) is 7. The van der Waals surface area contributed by atoms with Crippen molar-refractivity contribution in [2.75, 3.05) is 6.54 Å². The van der Waals surface area contributed by atoms with Gasteiger partial charge in [-0.05, 0) is 57.1 Å². The minimum absolute atomic E-state index is 0.0300. The van der Waals surface area contributed by atoms with Crippen LogP contribution >= 0.6 is 0 Å². The number of aliphatic hydroxyl groups excluding tert-OH is 1. The molecule has 0 radical (unpaired) electrons. The molecular weight excluding hydrogens is 562 g/mol. The molecule has 0 heterocycles. The molecule has 0 aliphatic rings. The van der Waals surface area contributed by atoms with Gasteiger partial charge in [0.25, 0.3) is 0 Å². The second-order valence-electron chi connectivity index (χ2n) is 12.5. The van der Waals surface area contributed by atoms with Gasteiger partial charge in [-0.1, -0.05) is 74.5 Å². The molecule has 2 aromatic rings. The Morgan fingerprint density at radius 3 is 1.80 bits per heavy atom. The maximum Gasteiger partial charge on any atom is 0.407 e. The summed E-state index contributed by atoms with van der Waals surface area (Å²) < 4.78 is 5.39. The number of carbonyl (C=O) groups is 4. The first-order chi connectivity index (χ1) is 20.7. The summed E-state index contributed by atoms with van der Waals surface area (Å²) in [4.78, 5) is 51.5. The summed E-state index contributed by atoms with van der Waals surface area (Å²) in [6.07, 6.45) is -1.15. The number of nitrogens with one attached hydrogen (secondary N) is 3. The molecule has 242 valence electrons. The third-order valence-electron chi connectivity index (χ3n) is 6.93. The van der Waals surface area contributed by atoms with Crippen LogP contribution < -0.4 is 27.4 Å². The third kappa shape index (κ3) is 13.1. The van der Waals surface area contributed by atoms with Crippen LogP contribution in [0.1, 0.15) is 58.6 Å². The van der Waals surface area contributed by atoms with E-state index in [0.717, 1.165) is 11.1 Å². The van der Waals surface area contributed by atoms with Crippen LogP contribution in [0.2, 0.25) is 0 Å². The van der Waals surface area contributed by atoms with Crippen LogP contribution in [0.3, 0.4) is 0 Å². The van der Waals surface area contributed by atoms with Crippen LogP contribution in [0.25, 0.3) is 0 Å². The zero-order valence-corrected chi connectivity index (χ0v) is 26.4. The average Bonchev–Trinajstić information content (AvgIpc) is 2.94. The lowest BCUT2D eigenvalue weighted by molar-refractivity contribution is -0.133. The summed E-state index contributed by atoms with van der Waals surface area (Å²) in [5, 5.41) is 19.4. The van der Waals surface area contributed by atoms with Gasteiger partial charge in [0.1, 0.15) is 17.7 Å². The van der Waals surface area contributed by atoms with Crippen LogP contribution in [0, 0.1) is 11.8 Å². The van der Waals surface area contributed by atoms with Crippen LogP contribution in [0.5, 0.6) is 0 Å². The molecule has 0 saturated carbocycles. The molecule has 0 unspecified atom stereocenters. The lowest BCUT2D eigenvalue weighted by Crippen LogP contribution is -2.55. The number of primary amides is 1. The Hall–Kier alpha value is -3.96. The van der Waals surface area contributed by atoms with Gasteiger partial charge in [0.05, 0.1) is 18.1 Å². The van der Waals surface area contributed by atoms with E-state index < -0.39 is 59.6 Å². The number of alkyl carbamates (subject to hydrolysis) is 1. The van der Waals surface area contributed by atoms with E-state index in [1.54, 1.807) is 20.8 Å². The van der Waals surface area contributed by atoms with E-state index in [-0.39, 0.29) is 31.7 Å². The van der Waals surface area contributed by atoms with Crippen LogP contribution in [-0.4, -0.2) is 65.3 Å². The molecule has 44 heavy (non-hydrogen) atoms. The zero-order valence-electron chi connectivity index (χ0n) is 26.4. The first-order valence-electron chi connectivity index (χ1n) is 15.0. The lowest BCUT2D eigenvalue weighted by Gasteiger charge is -2.29. The number of aliphatic hydroxyl groups is 1. The van der Waals surface area contributed by atoms with E-state index in [0.29, 0.717) is 6.42 Å². The molecule has 5 atom stereocenters. The molecule has 2 aromatic carbocycles. The highest BCUT2D eigenvalue weighted by Gasteiger charge is 2.32. The monoisotopic (exact) mass is 611 g/mol. The van der Waals surface area contributed by atoms with E-state index in [4.69, 9.17) is 16.2 Å². The van der Waals surface area contributed by atoms with Crippen LogP contribution in [0.4, 0.5) is 4.79 Å². The second-order valence-corrected chi connectivity index (χ2v) is 12.5. The average molecular weight is 612 g/mol. The van der Waals surface area contributed by atoms with E-state index in [2.05, 4.69) is 16.0 Å². The Balaban J connectivity index is 2.16. The smallest absolute Gasteiger partial charge is 0.407 e. The van der Waals surface area contributed by atoms with E-state index >= 15 is 0 Å². The van der Waals surface area contributed by atoms with Crippen molar-refractivity contribution in [1.82, 2.24) is 16.0 Å². The van der Waals surface area contributed by atoms with Crippen molar-refractivity contribution in [2.45, 2.75) is 90.1 Å². The Bertz CT molecular complexity index is 1200. The maximum absolute atomic E-state index is 13.4. The van der Waals surface area contributed by atoms with Gasteiger partial charge in [-0.15, -0.1) is 0 Å². The van der Waals surface area contributed by atoms with Gasteiger partial charge in [0, 0.05) is 13.0 Å². The van der Waals surface area contributed by atoms with Crippen molar-refractivity contribution < 1.29 is 29.0 Å². The number of ether oxygens (including phenoxy) is 1. The SMILES string of the molecule is CC(C)C[C@H](NC(=O)[C@H](CN)C[C@@H](O)[C@H](Cc1ccccc1)NC(=O)OC(C)(C)C)C(=O)N[C@@H](Cc1ccccc1)C(N)=O. The standard InChI is InChI=1S/C33H49N5O6/c1-21(2)16-27(31(42)36-26(29(35)40)18-23-14-10-7-11-15-23)37-30(41)24(20-34)19-28(39)25(17-22-12-8-6-9-13-22)38-32(43)44-33(3,4)5/h6-15,21,24-28,39H,16-20,34H2,1-5H3,(H2,35,40)(H,36,42)(H,37,41)(H,38,43)/t24-,25-,26-,27-,28+/m0/s1. The minimum Gasteiger partial charge on any atom is -0.444 e. The van der Waals surface area contributed by atoms with Gasteiger partial charge in [-0.25, -0.2) is 4.79 Å². The molecule has 0 aromatic heterocycles. The zero-order chi connectivity index (χ0) is 32.9. The van der Waals surface area contributed by atoms with Crippen molar-refractivity contribution >= 4 is 23.8 Å². The summed E-state index contributed by atoms with van der Waals surface area (Å²) >= 11 is 0. The molecule has 4 amide bonds. The Morgan fingerprint density at radius 2 is 1.32 bits per heavy atom. The van der Waals surface area contributed by atoms with E-state index in [1.165, 1.54) is 0 Å².